The Bertz CT molecular complexity index is 1130. The largest absolute Gasteiger partial charge is 0.493 e. The molecular weight excluding hydrogens is 380 g/mol. The molecule has 4 aromatic rings. The number of hydrogen-bond donors (Lipinski definition) is 0. The molecule has 1 heterocycles. The van der Waals surface area contributed by atoms with E-state index in [1.165, 1.54) is 11.1 Å². The number of hydrogen-bond acceptors (Lipinski definition) is 2. The van der Waals surface area contributed by atoms with Crippen LogP contribution in [0.1, 0.15) is 24.0 Å². The van der Waals surface area contributed by atoms with Gasteiger partial charge in [0.15, 0.2) is 0 Å². The van der Waals surface area contributed by atoms with E-state index in [1.54, 1.807) is 0 Å². The lowest BCUT2D eigenvalue weighted by molar-refractivity contribution is 0.301. The van der Waals surface area contributed by atoms with Crippen molar-refractivity contribution in [3.05, 3.63) is 82.9 Å². The predicted octanol–water partition coefficient (Wildman–Crippen LogP) is 6.83. The van der Waals surface area contributed by atoms with Gasteiger partial charge in [0.1, 0.15) is 11.6 Å². The molecule has 4 heteroatoms. The highest BCUT2D eigenvalue weighted by Gasteiger charge is 2.14. The van der Waals surface area contributed by atoms with Crippen molar-refractivity contribution in [2.45, 2.75) is 33.2 Å². The molecule has 3 aromatic carbocycles. The summed E-state index contributed by atoms with van der Waals surface area (Å²) in [4.78, 5) is 4.86. The number of nitrogens with zero attached hydrogens (tertiary/aromatic N) is 2. The van der Waals surface area contributed by atoms with Crippen LogP contribution >= 0.6 is 11.6 Å². The monoisotopic (exact) mass is 404 g/mol. The number of fused-ring (bicyclic) bond motifs is 1. The van der Waals surface area contributed by atoms with Gasteiger partial charge in [0.25, 0.3) is 0 Å². The van der Waals surface area contributed by atoms with E-state index in [0.717, 1.165) is 52.6 Å². The molecule has 1 aromatic heterocycles. The van der Waals surface area contributed by atoms with Crippen molar-refractivity contribution in [3.8, 4) is 17.1 Å². The molecule has 0 unspecified atom stereocenters. The molecule has 0 spiro atoms. The Morgan fingerprint density at radius 3 is 2.59 bits per heavy atom. The summed E-state index contributed by atoms with van der Waals surface area (Å²) in [5, 5.41) is 0.724. The number of aromatic nitrogens is 2. The zero-order chi connectivity index (χ0) is 20.2. The van der Waals surface area contributed by atoms with Gasteiger partial charge in [-0.1, -0.05) is 48.0 Å². The van der Waals surface area contributed by atoms with Gasteiger partial charge in [-0.2, -0.15) is 0 Å². The van der Waals surface area contributed by atoms with Crippen LogP contribution in [0.2, 0.25) is 5.02 Å². The highest BCUT2D eigenvalue weighted by atomic mass is 35.5. The maximum absolute atomic E-state index is 6.46. The minimum Gasteiger partial charge on any atom is -0.493 e. The number of rotatable bonds is 7. The molecule has 0 bridgehead atoms. The van der Waals surface area contributed by atoms with Crippen molar-refractivity contribution in [2.75, 3.05) is 6.61 Å². The zero-order valence-corrected chi connectivity index (χ0v) is 17.6. The van der Waals surface area contributed by atoms with Crippen LogP contribution in [-0.4, -0.2) is 16.2 Å². The zero-order valence-electron chi connectivity index (χ0n) is 16.9. The van der Waals surface area contributed by atoms with Gasteiger partial charge < -0.3 is 9.30 Å². The van der Waals surface area contributed by atoms with E-state index in [1.807, 2.05) is 30.3 Å². The molecule has 0 radical (unpaired) electrons. The molecule has 0 N–H and O–H groups in total. The maximum Gasteiger partial charge on any atom is 0.142 e. The standard InChI is InChI=1S/C25H25ClN2O/c1-18-13-14-19(2)24(17-18)29-16-8-7-15-28-23-12-6-5-11-22(23)27-25(28)20-9-3-4-10-21(20)26/h3-6,9-14,17H,7-8,15-16H2,1-2H3. The van der Waals surface area contributed by atoms with Crippen molar-refractivity contribution in [1.82, 2.24) is 9.55 Å². The SMILES string of the molecule is Cc1ccc(C)c(OCCCCn2c(-c3ccccc3Cl)nc3ccccc32)c1. The minimum atomic E-state index is 0.707. The Labute approximate surface area is 176 Å². The number of imidazole rings is 1. The summed E-state index contributed by atoms with van der Waals surface area (Å²) in [5.41, 5.74) is 5.50. The summed E-state index contributed by atoms with van der Waals surface area (Å²) in [7, 11) is 0. The normalized spacial score (nSPS) is 11.1. The molecule has 29 heavy (non-hydrogen) atoms. The quantitative estimate of drug-likeness (QED) is 0.315. The lowest BCUT2D eigenvalue weighted by atomic mass is 10.1. The van der Waals surface area contributed by atoms with E-state index >= 15 is 0 Å². The number of halogens is 1. The van der Waals surface area contributed by atoms with Crippen LogP contribution in [0, 0.1) is 13.8 Å². The molecule has 0 aliphatic rings. The van der Waals surface area contributed by atoms with E-state index < -0.39 is 0 Å². The van der Waals surface area contributed by atoms with Gasteiger partial charge in [-0.25, -0.2) is 4.98 Å². The molecule has 0 atom stereocenters. The molecular formula is C25H25ClN2O. The topological polar surface area (TPSA) is 27.1 Å². The summed E-state index contributed by atoms with van der Waals surface area (Å²) in [6, 6.07) is 22.5. The number of para-hydroxylation sites is 2. The molecule has 0 aliphatic heterocycles. The fourth-order valence-electron chi connectivity index (χ4n) is 3.57. The number of benzene rings is 3. The molecule has 0 amide bonds. The van der Waals surface area contributed by atoms with Crippen molar-refractivity contribution >= 4 is 22.6 Å². The Kier molecular flexibility index (Phi) is 5.86. The highest BCUT2D eigenvalue weighted by Crippen LogP contribution is 2.30. The van der Waals surface area contributed by atoms with Crippen LogP contribution < -0.4 is 4.74 Å². The minimum absolute atomic E-state index is 0.707. The smallest absolute Gasteiger partial charge is 0.142 e. The Balaban J connectivity index is 1.48. The average Bonchev–Trinajstić information content (AvgIpc) is 3.09. The second-order valence-electron chi connectivity index (χ2n) is 7.38. The van der Waals surface area contributed by atoms with E-state index in [9.17, 15) is 0 Å². The van der Waals surface area contributed by atoms with Crippen molar-refractivity contribution in [3.63, 3.8) is 0 Å². The molecule has 0 fully saturated rings. The second kappa shape index (κ2) is 8.71. The summed E-state index contributed by atoms with van der Waals surface area (Å²) >= 11 is 6.46. The molecule has 148 valence electrons. The Morgan fingerprint density at radius 2 is 1.72 bits per heavy atom. The molecule has 4 rings (SSSR count). The van der Waals surface area contributed by atoms with Gasteiger partial charge >= 0.3 is 0 Å². The summed E-state index contributed by atoms with van der Waals surface area (Å²) in [6.07, 6.45) is 1.98. The van der Waals surface area contributed by atoms with Gasteiger partial charge in [0, 0.05) is 12.1 Å². The van der Waals surface area contributed by atoms with Crippen LogP contribution in [0.5, 0.6) is 5.75 Å². The van der Waals surface area contributed by atoms with Gasteiger partial charge in [-0.3, -0.25) is 0 Å². The van der Waals surface area contributed by atoms with Gasteiger partial charge in [-0.05, 0) is 68.1 Å². The van der Waals surface area contributed by atoms with E-state index in [0.29, 0.717) is 6.61 Å². The summed E-state index contributed by atoms with van der Waals surface area (Å²) in [6.45, 7) is 5.75. The highest BCUT2D eigenvalue weighted by molar-refractivity contribution is 6.33. The molecule has 0 saturated carbocycles. The number of unbranched alkanes of at least 4 members (excludes halogenated alkanes) is 1. The van der Waals surface area contributed by atoms with E-state index in [2.05, 4.69) is 54.8 Å². The Morgan fingerprint density at radius 1 is 0.931 bits per heavy atom. The first-order valence-corrected chi connectivity index (χ1v) is 10.4. The Hall–Kier alpha value is -2.78. The van der Waals surface area contributed by atoms with Crippen LogP contribution in [0.25, 0.3) is 22.4 Å². The molecule has 0 aliphatic carbocycles. The van der Waals surface area contributed by atoms with Gasteiger partial charge in [0.05, 0.1) is 22.7 Å². The maximum atomic E-state index is 6.46. The number of aryl methyl sites for hydroxylation is 3. The average molecular weight is 405 g/mol. The first-order chi connectivity index (χ1) is 14.1. The van der Waals surface area contributed by atoms with Crippen molar-refractivity contribution in [1.29, 1.82) is 0 Å². The van der Waals surface area contributed by atoms with Crippen LogP contribution in [0.3, 0.4) is 0 Å². The molecule has 3 nitrogen and oxygen atoms in total. The summed E-state index contributed by atoms with van der Waals surface area (Å²) < 4.78 is 8.28. The van der Waals surface area contributed by atoms with E-state index in [-0.39, 0.29) is 0 Å². The van der Waals surface area contributed by atoms with Crippen LogP contribution in [0.15, 0.2) is 66.7 Å². The third-order valence-electron chi connectivity index (χ3n) is 5.15. The van der Waals surface area contributed by atoms with Gasteiger partial charge in [0.2, 0.25) is 0 Å². The van der Waals surface area contributed by atoms with Crippen LogP contribution in [-0.2, 0) is 6.54 Å². The fraction of sp³-hybridized carbons (Fsp3) is 0.240. The van der Waals surface area contributed by atoms with Crippen molar-refractivity contribution in [2.24, 2.45) is 0 Å². The second-order valence-corrected chi connectivity index (χ2v) is 7.79. The summed E-state index contributed by atoms with van der Waals surface area (Å²) in [5.74, 6) is 1.90. The lowest BCUT2D eigenvalue weighted by Gasteiger charge is -2.12. The third kappa shape index (κ3) is 4.30. The molecule has 0 saturated heterocycles. The first kappa shape index (κ1) is 19.5. The van der Waals surface area contributed by atoms with Crippen LogP contribution in [0.4, 0.5) is 0 Å². The van der Waals surface area contributed by atoms with Gasteiger partial charge in [-0.15, -0.1) is 0 Å². The van der Waals surface area contributed by atoms with E-state index in [4.69, 9.17) is 21.3 Å². The van der Waals surface area contributed by atoms with Crippen molar-refractivity contribution < 1.29 is 4.74 Å². The first-order valence-electron chi connectivity index (χ1n) is 10.0. The fourth-order valence-corrected chi connectivity index (χ4v) is 3.79. The third-order valence-corrected chi connectivity index (χ3v) is 5.48. The predicted molar refractivity (Wildman–Crippen MR) is 121 cm³/mol. The number of ether oxygens (including phenoxy) is 1. The lowest BCUT2D eigenvalue weighted by Crippen LogP contribution is -2.04.